The van der Waals surface area contributed by atoms with E-state index >= 15 is 0 Å². The molecule has 0 unspecified atom stereocenters. The predicted molar refractivity (Wildman–Crippen MR) is 214 cm³/mol. The van der Waals surface area contributed by atoms with Gasteiger partial charge in [-0.3, -0.25) is 0 Å². The number of fused-ring (bicyclic) bond motifs is 9. The van der Waals surface area contributed by atoms with Crippen molar-refractivity contribution in [2.24, 2.45) is 0 Å². The van der Waals surface area contributed by atoms with Gasteiger partial charge < -0.3 is 13.4 Å². The molecule has 51 heavy (non-hydrogen) atoms. The van der Waals surface area contributed by atoms with E-state index in [1.165, 1.54) is 76.6 Å². The molecule has 0 fully saturated rings. The average Bonchev–Trinajstić information content (AvgIpc) is 3.83. The minimum Gasteiger partial charge on any atom is -0.456 e. The van der Waals surface area contributed by atoms with E-state index in [1.807, 2.05) is 6.07 Å². The van der Waals surface area contributed by atoms with E-state index in [2.05, 4.69) is 173 Å². The molecule has 0 spiro atoms. The number of benzene rings is 8. The van der Waals surface area contributed by atoms with Gasteiger partial charge in [0, 0.05) is 49.0 Å². The number of nitrogens with zero attached hydrogens (tertiary/aromatic N) is 2. The van der Waals surface area contributed by atoms with E-state index in [0.29, 0.717) is 0 Å². The van der Waals surface area contributed by atoms with E-state index in [1.54, 1.807) is 0 Å². The molecule has 4 heterocycles. The first-order valence-corrected chi connectivity index (χ1v) is 17.5. The highest BCUT2D eigenvalue weighted by Crippen LogP contribution is 2.47. The number of furan rings is 1. The molecule has 236 valence electrons. The van der Waals surface area contributed by atoms with Gasteiger partial charge in [-0.2, -0.15) is 0 Å². The number of rotatable bonds is 3. The van der Waals surface area contributed by atoms with Crippen LogP contribution in [0.5, 0.6) is 0 Å². The third kappa shape index (κ3) is 3.52. The Morgan fingerprint density at radius 3 is 1.94 bits per heavy atom. The fraction of sp³-hybridized carbons (Fsp3) is 0. The van der Waals surface area contributed by atoms with Crippen LogP contribution in [0.4, 0.5) is 0 Å². The van der Waals surface area contributed by atoms with E-state index < -0.39 is 0 Å². The number of hydrogen-bond acceptors (Lipinski definition) is 1. The highest BCUT2D eigenvalue weighted by atomic mass is 16.3. The van der Waals surface area contributed by atoms with Crippen molar-refractivity contribution >= 4 is 81.8 Å². The fourth-order valence-corrected chi connectivity index (χ4v) is 9.01. The maximum absolute atomic E-state index is 6.29. The van der Waals surface area contributed by atoms with Gasteiger partial charge in [-0.25, -0.2) is 0 Å². The van der Waals surface area contributed by atoms with Gasteiger partial charge in [-0.1, -0.05) is 127 Å². The third-order valence-electron chi connectivity index (χ3n) is 11.0. The van der Waals surface area contributed by atoms with Gasteiger partial charge in [0.2, 0.25) is 0 Å². The van der Waals surface area contributed by atoms with Crippen molar-refractivity contribution in [1.82, 2.24) is 8.97 Å². The standard InChI is InChI=1S/C48H28N2O/c1-2-12-29(13-3-1)33-19-9-21-36-37-26-27-41-46-45-35(34-16-4-6-22-39(34)50(47(33)36)48(37)46)20-10-23-40(45)49(41)31-15-8-14-30(28-31)32-18-11-25-43-44(32)38-17-5-7-24-42(38)51-43/h1-28H. The maximum atomic E-state index is 6.29. The third-order valence-corrected chi connectivity index (χ3v) is 11.0. The molecule has 4 aromatic heterocycles. The second kappa shape index (κ2) is 9.87. The molecule has 0 amide bonds. The largest absolute Gasteiger partial charge is 0.456 e. The molecule has 12 aromatic rings. The Morgan fingerprint density at radius 2 is 1.00 bits per heavy atom. The molecule has 0 saturated heterocycles. The van der Waals surface area contributed by atoms with Crippen LogP contribution in [-0.4, -0.2) is 8.97 Å². The predicted octanol–water partition coefficient (Wildman–Crippen LogP) is 13.2. The van der Waals surface area contributed by atoms with Crippen LogP contribution in [0.2, 0.25) is 0 Å². The lowest BCUT2D eigenvalue weighted by Crippen LogP contribution is -1.95. The van der Waals surface area contributed by atoms with Gasteiger partial charge in [0.25, 0.3) is 0 Å². The van der Waals surface area contributed by atoms with Crippen molar-refractivity contribution in [3.05, 3.63) is 170 Å². The van der Waals surface area contributed by atoms with Gasteiger partial charge in [-0.15, -0.1) is 0 Å². The Hall–Kier alpha value is -6.84. The van der Waals surface area contributed by atoms with E-state index in [0.717, 1.165) is 33.2 Å². The van der Waals surface area contributed by atoms with Gasteiger partial charge in [0.15, 0.2) is 0 Å². The monoisotopic (exact) mass is 648 g/mol. The van der Waals surface area contributed by atoms with E-state index in [9.17, 15) is 0 Å². The summed E-state index contributed by atoms with van der Waals surface area (Å²) in [6.07, 6.45) is 0. The van der Waals surface area contributed by atoms with Crippen LogP contribution >= 0.6 is 0 Å². The van der Waals surface area contributed by atoms with E-state index in [4.69, 9.17) is 4.42 Å². The summed E-state index contributed by atoms with van der Waals surface area (Å²) in [5.74, 6) is 0. The molecule has 3 heteroatoms. The van der Waals surface area contributed by atoms with Crippen molar-refractivity contribution in [3.8, 4) is 27.9 Å². The summed E-state index contributed by atoms with van der Waals surface area (Å²) in [7, 11) is 0. The lowest BCUT2D eigenvalue weighted by atomic mass is 9.99. The molecule has 8 aromatic carbocycles. The van der Waals surface area contributed by atoms with E-state index in [-0.39, 0.29) is 0 Å². The van der Waals surface area contributed by atoms with Crippen LogP contribution in [-0.2, 0) is 0 Å². The summed E-state index contributed by atoms with van der Waals surface area (Å²) in [5, 5.41) is 9.92. The SMILES string of the molecule is c1ccc(-c2cccc3c4ccc5c6c7c(cccc7n5-c5cccc(-c7cccc8oc9ccccc9c78)c5)c5ccccc5n(c23)c46)cc1. The van der Waals surface area contributed by atoms with Crippen LogP contribution in [0.3, 0.4) is 0 Å². The van der Waals surface area contributed by atoms with Crippen molar-refractivity contribution < 1.29 is 4.42 Å². The average molecular weight is 649 g/mol. The summed E-state index contributed by atoms with van der Waals surface area (Å²) in [5.41, 5.74) is 13.9. The number of para-hydroxylation sites is 3. The van der Waals surface area contributed by atoms with Crippen LogP contribution in [0, 0.1) is 0 Å². The minimum absolute atomic E-state index is 0.909. The summed E-state index contributed by atoms with van der Waals surface area (Å²) in [6, 6.07) is 61.7. The van der Waals surface area contributed by atoms with Crippen molar-refractivity contribution in [2.75, 3.05) is 0 Å². The summed E-state index contributed by atoms with van der Waals surface area (Å²) >= 11 is 0. The zero-order valence-electron chi connectivity index (χ0n) is 27.5. The maximum Gasteiger partial charge on any atom is 0.136 e. The molecule has 0 aliphatic heterocycles. The molecule has 12 rings (SSSR count). The molecular formula is C48H28N2O. The Morgan fingerprint density at radius 1 is 0.353 bits per heavy atom. The molecule has 0 atom stereocenters. The van der Waals surface area contributed by atoms with Gasteiger partial charge in [0.05, 0.1) is 27.6 Å². The topological polar surface area (TPSA) is 22.5 Å². The first kappa shape index (κ1) is 27.0. The molecule has 0 N–H and O–H groups in total. The van der Waals surface area contributed by atoms with Gasteiger partial charge in [-0.05, 0) is 64.5 Å². The summed E-state index contributed by atoms with van der Waals surface area (Å²) < 4.78 is 11.3. The lowest BCUT2D eigenvalue weighted by Gasteiger charge is -2.12. The molecule has 0 bridgehead atoms. The first-order chi connectivity index (χ1) is 25.3. The quantitative estimate of drug-likeness (QED) is 0.187. The first-order valence-electron chi connectivity index (χ1n) is 17.5. The molecule has 0 aliphatic carbocycles. The summed E-state index contributed by atoms with van der Waals surface area (Å²) in [4.78, 5) is 0. The second-order valence-corrected chi connectivity index (χ2v) is 13.6. The molecule has 0 saturated carbocycles. The van der Waals surface area contributed by atoms with Gasteiger partial charge >= 0.3 is 0 Å². The number of hydrogen-bond donors (Lipinski definition) is 0. The molecular weight excluding hydrogens is 621 g/mol. The van der Waals surface area contributed by atoms with Crippen LogP contribution < -0.4 is 0 Å². The highest BCUT2D eigenvalue weighted by molar-refractivity contribution is 6.33. The van der Waals surface area contributed by atoms with Crippen LogP contribution in [0.1, 0.15) is 0 Å². The van der Waals surface area contributed by atoms with Crippen molar-refractivity contribution in [3.63, 3.8) is 0 Å². The number of aromatic nitrogens is 2. The Labute approximate surface area is 292 Å². The van der Waals surface area contributed by atoms with Crippen LogP contribution in [0.25, 0.3) is 110 Å². The minimum atomic E-state index is 0.909. The van der Waals surface area contributed by atoms with Crippen molar-refractivity contribution in [1.29, 1.82) is 0 Å². The lowest BCUT2D eigenvalue weighted by molar-refractivity contribution is 0.669. The highest BCUT2D eigenvalue weighted by Gasteiger charge is 2.24. The molecule has 0 radical (unpaired) electrons. The summed E-state index contributed by atoms with van der Waals surface area (Å²) in [6.45, 7) is 0. The molecule has 0 aliphatic rings. The second-order valence-electron chi connectivity index (χ2n) is 13.6. The molecule has 3 nitrogen and oxygen atoms in total. The normalized spacial score (nSPS) is 12.3. The Balaban J connectivity index is 1.23. The van der Waals surface area contributed by atoms with Crippen LogP contribution in [0.15, 0.2) is 174 Å². The fourth-order valence-electron chi connectivity index (χ4n) is 9.01. The van der Waals surface area contributed by atoms with Gasteiger partial charge in [0.1, 0.15) is 11.2 Å². The zero-order chi connectivity index (χ0) is 33.2. The smallest absolute Gasteiger partial charge is 0.136 e. The van der Waals surface area contributed by atoms with Crippen molar-refractivity contribution in [2.45, 2.75) is 0 Å². The Kier molecular flexibility index (Phi) is 5.23. The zero-order valence-corrected chi connectivity index (χ0v) is 27.5. The Bertz CT molecular complexity index is 3360.